The largest absolute Gasteiger partial charge is 0.378 e. The fourth-order valence-corrected chi connectivity index (χ4v) is 3.58. The second-order valence-electron chi connectivity index (χ2n) is 6.75. The van der Waals surface area contributed by atoms with Crippen LogP contribution in [0.5, 0.6) is 0 Å². The Hall–Kier alpha value is -1.15. The van der Waals surface area contributed by atoms with Gasteiger partial charge in [-0.3, -0.25) is 0 Å². The summed E-state index contributed by atoms with van der Waals surface area (Å²) in [5.74, 6) is 0. The lowest BCUT2D eigenvalue weighted by molar-refractivity contribution is -0.937. The zero-order valence-corrected chi connectivity index (χ0v) is 15.9. The zero-order valence-electron chi connectivity index (χ0n) is 15.1. The quantitative estimate of drug-likeness (QED) is 0.724. The molecule has 1 aromatic rings. The van der Waals surface area contributed by atoms with Gasteiger partial charge in [0.1, 0.15) is 19.1 Å². The minimum absolute atomic E-state index is 0.0960. The Labute approximate surface area is 145 Å². The van der Waals surface area contributed by atoms with Crippen molar-refractivity contribution in [3.8, 4) is 0 Å². The summed E-state index contributed by atoms with van der Waals surface area (Å²) in [6, 6.07) is 8.47. The molecule has 1 aliphatic heterocycles. The highest BCUT2D eigenvalue weighted by Gasteiger charge is 2.28. The molecule has 0 unspecified atom stereocenters. The maximum Gasteiger partial charge on any atom is 0.214 e. The molecule has 0 spiro atoms. The molecule has 1 atom stereocenters. The molecule has 0 saturated carbocycles. The van der Waals surface area contributed by atoms with E-state index in [1.165, 1.54) is 4.90 Å². The standard InChI is InChI=1S/C17H29N3O3S/c1-14(2)24(21,22)18-13-17(20-9-11-23-12-10-20)15-5-7-16(8-6-15)19(3)4/h5-8,14,17-18H,9-13H2,1-4H3/p+1/t17-/m0/s1. The Morgan fingerprint density at radius 3 is 2.25 bits per heavy atom. The minimum atomic E-state index is -3.26. The van der Waals surface area contributed by atoms with Gasteiger partial charge in [0.2, 0.25) is 10.0 Å². The summed E-state index contributed by atoms with van der Waals surface area (Å²) < 4.78 is 32.5. The highest BCUT2D eigenvalue weighted by Crippen LogP contribution is 2.17. The Kier molecular flexibility index (Phi) is 6.62. The third-order valence-corrected chi connectivity index (χ3v) is 6.36. The third kappa shape index (κ3) is 4.92. The molecule has 1 heterocycles. The number of nitrogens with one attached hydrogen (secondary N) is 2. The fraction of sp³-hybridized carbons (Fsp3) is 0.647. The predicted molar refractivity (Wildman–Crippen MR) is 97.1 cm³/mol. The normalized spacial score (nSPS) is 17.9. The van der Waals surface area contributed by atoms with Crippen LogP contribution in [0.2, 0.25) is 0 Å². The molecular weight excluding hydrogens is 326 g/mol. The van der Waals surface area contributed by atoms with Crippen molar-refractivity contribution in [2.24, 2.45) is 0 Å². The van der Waals surface area contributed by atoms with Gasteiger partial charge in [-0.2, -0.15) is 0 Å². The summed E-state index contributed by atoms with van der Waals surface area (Å²) in [5.41, 5.74) is 2.29. The summed E-state index contributed by atoms with van der Waals surface area (Å²) in [4.78, 5) is 3.42. The number of nitrogens with zero attached hydrogens (tertiary/aromatic N) is 1. The van der Waals surface area contributed by atoms with Crippen molar-refractivity contribution in [1.82, 2.24) is 4.72 Å². The van der Waals surface area contributed by atoms with Gasteiger partial charge < -0.3 is 14.5 Å². The fourth-order valence-electron chi connectivity index (χ4n) is 2.85. The molecule has 0 amide bonds. The van der Waals surface area contributed by atoms with Gasteiger partial charge in [-0.15, -0.1) is 0 Å². The van der Waals surface area contributed by atoms with Gasteiger partial charge in [0, 0.05) is 25.3 Å². The van der Waals surface area contributed by atoms with Crippen LogP contribution in [0, 0.1) is 0 Å². The Morgan fingerprint density at radius 1 is 1.17 bits per heavy atom. The summed E-state index contributed by atoms with van der Waals surface area (Å²) in [7, 11) is 0.756. The smallest absolute Gasteiger partial charge is 0.214 e. The van der Waals surface area contributed by atoms with Crippen molar-refractivity contribution < 1.29 is 18.1 Å². The number of anilines is 1. The first-order chi connectivity index (χ1) is 11.3. The summed E-state index contributed by atoms with van der Waals surface area (Å²) >= 11 is 0. The van der Waals surface area contributed by atoms with E-state index in [4.69, 9.17) is 4.74 Å². The van der Waals surface area contributed by atoms with Gasteiger partial charge >= 0.3 is 0 Å². The lowest BCUT2D eigenvalue weighted by Gasteiger charge is -2.32. The first-order valence-corrected chi connectivity index (χ1v) is 10.0. The van der Waals surface area contributed by atoms with E-state index in [2.05, 4.69) is 33.9 Å². The van der Waals surface area contributed by atoms with E-state index < -0.39 is 15.3 Å². The number of hydrogen-bond donors (Lipinski definition) is 2. The van der Waals surface area contributed by atoms with E-state index in [0.717, 1.165) is 37.6 Å². The summed E-state index contributed by atoms with van der Waals surface area (Å²) in [5, 5.41) is -0.422. The third-order valence-electron chi connectivity index (χ3n) is 4.55. The molecule has 7 heteroatoms. The number of quaternary nitrogens is 1. The van der Waals surface area contributed by atoms with E-state index in [0.29, 0.717) is 6.54 Å². The summed E-state index contributed by atoms with van der Waals surface area (Å²) in [6.45, 7) is 7.04. The Morgan fingerprint density at radius 2 is 1.75 bits per heavy atom. The number of hydrogen-bond acceptors (Lipinski definition) is 4. The monoisotopic (exact) mass is 356 g/mol. The van der Waals surface area contributed by atoms with Crippen LogP contribution in [0.4, 0.5) is 5.69 Å². The summed E-state index contributed by atoms with van der Waals surface area (Å²) in [6.07, 6.45) is 0. The average Bonchev–Trinajstić information content (AvgIpc) is 2.56. The molecule has 0 radical (unpaired) electrons. The molecule has 0 aromatic heterocycles. The Bertz CT molecular complexity index is 608. The van der Waals surface area contributed by atoms with Gasteiger partial charge in [-0.1, -0.05) is 12.1 Å². The highest BCUT2D eigenvalue weighted by molar-refractivity contribution is 7.90. The second-order valence-corrected chi connectivity index (χ2v) is 9.07. The highest BCUT2D eigenvalue weighted by atomic mass is 32.2. The number of morpholine rings is 1. The van der Waals surface area contributed by atoms with Crippen molar-refractivity contribution in [1.29, 1.82) is 0 Å². The van der Waals surface area contributed by atoms with Gasteiger partial charge in [0.05, 0.1) is 25.0 Å². The predicted octanol–water partition coefficient (Wildman–Crippen LogP) is 0.0366. The van der Waals surface area contributed by atoms with E-state index in [-0.39, 0.29) is 6.04 Å². The van der Waals surface area contributed by atoms with Crippen molar-refractivity contribution in [3.63, 3.8) is 0 Å². The molecule has 136 valence electrons. The molecule has 2 rings (SSSR count). The number of rotatable bonds is 7. The molecule has 1 aromatic carbocycles. The molecular formula is C17H30N3O3S+. The number of benzene rings is 1. The van der Waals surface area contributed by atoms with Crippen LogP contribution in [0.3, 0.4) is 0 Å². The molecule has 24 heavy (non-hydrogen) atoms. The molecule has 1 aliphatic rings. The number of sulfonamides is 1. The minimum Gasteiger partial charge on any atom is -0.378 e. The van der Waals surface area contributed by atoms with Crippen LogP contribution < -0.4 is 14.5 Å². The van der Waals surface area contributed by atoms with Gasteiger partial charge in [0.15, 0.2) is 0 Å². The average molecular weight is 357 g/mol. The molecule has 1 fully saturated rings. The van der Waals surface area contributed by atoms with Crippen LogP contribution in [-0.2, 0) is 14.8 Å². The van der Waals surface area contributed by atoms with Gasteiger partial charge in [0.25, 0.3) is 0 Å². The maximum atomic E-state index is 12.1. The van der Waals surface area contributed by atoms with Crippen molar-refractivity contribution in [3.05, 3.63) is 29.8 Å². The van der Waals surface area contributed by atoms with Gasteiger partial charge in [-0.25, -0.2) is 13.1 Å². The van der Waals surface area contributed by atoms with Crippen LogP contribution in [0.1, 0.15) is 25.5 Å². The van der Waals surface area contributed by atoms with E-state index in [9.17, 15) is 8.42 Å². The number of ether oxygens (including phenoxy) is 1. The van der Waals surface area contributed by atoms with Crippen LogP contribution >= 0.6 is 0 Å². The first-order valence-electron chi connectivity index (χ1n) is 8.49. The lowest BCUT2D eigenvalue weighted by atomic mass is 10.0. The van der Waals surface area contributed by atoms with Crippen molar-refractivity contribution >= 4 is 15.7 Å². The zero-order chi connectivity index (χ0) is 17.7. The molecule has 0 aliphatic carbocycles. The molecule has 1 saturated heterocycles. The van der Waals surface area contributed by atoms with Gasteiger partial charge in [-0.05, 0) is 26.0 Å². The van der Waals surface area contributed by atoms with E-state index >= 15 is 0 Å². The second kappa shape index (κ2) is 8.29. The van der Waals surface area contributed by atoms with Crippen molar-refractivity contribution in [2.75, 3.05) is 51.8 Å². The Balaban J connectivity index is 2.18. The van der Waals surface area contributed by atoms with Crippen LogP contribution in [0.15, 0.2) is 24.3 Å². The lowest BCUT2D eigenvalue weighted by Crippen LogP contribution is -3.15. The topological polar surface area (TPSA) is 63.1 Å². The molecule has 2 N–H and O–H groups in total. The molecule has 0 bridgehead atoms. The van der Waals surface area contributed by atoms with Crippen LogP contribution in [-0.4, -0.2) is 60.6 Å². The molecule has 6 nitrogen and oxygen atoms in total. The van der Waals surface area contributed by atoms with Crippen molar-refractivity contribution in [2.45, 2.75) is 25.1 Å². The van der Waals surface area contributed by atoms with Crippen LogP contribution in [0.25, 0.3) is 0 Å². The first kappa shape index (κ1) is 19.2. The van der Waals surface area contributed by atoms with E-state index in [1.54, 1.807) is 13.8 Å². The maximum absolute atomic E-state index is 12.1. The van der Waals surface area contributed by atoms with E-state index in [1.807, 2.05) is 14.1 Å². The SMILES string of the molecule is CC(C)S(=O)(=O)NC[C@@H](c1ccc(N(C)C)cc1)[NH+]1CCOCC1.